The van der Waals surface area contributed by atoms with Gasteiger partial charge in [-0.15, -0.1) is 0 Å². The molecule has 0 aliphatic heterocycles. The van der Waals surface area contributed by atoms with Crippen LogP contribution in [0, 0.1) is 16.7 Å². The average molecular weight is 263 g/mol. The van der Waals surface area contributed by atoms with Gasteiger partial charge in [-0.2, -0.15) is 10.4 Å². The number of benzene rings is 1. The van der Waals surface area contributed by atoms with E-state index in [2.05, 4.69) is 17.7 Å². The van der Waals surface area contributed by atoms with Crippen molar-refractivity contribution in [3.05, 3.63) is 60.5 Å². The maximum atomic E-state index is 9.20. The highest BCUT2D eigenvalue weighted by atomic mass is 15.3. The molecule has 0 aliphatic carbocycles. The molecule has 3 N–H and O–H groups in total. The van der Waals surface area contributed by atoms with Gasteiger partial charge in [0.25, 0.3) is 0 Å². The molecule has 2 aromatic rings. The summed E-state index contributed by atoms with van der Waals surface area (Å²) in [6.45, 7) is 3.60. The van der Waals surface area contributed by atoms with E-state index in [1.54, 1.807) is 42.5 Å². The van der Waals surface area contributed by atoms with E-state index in [1.165, 1.54) is 10.9 Å². The number of aromatic nitrogens is 2. The van der Waals surface area contributed by atoms with Gasteiger partial charge >= 0.3 is 0 Å². The van der Waals surface area contributed by atoms with Gasteiger partial charge in [0.15, 0.2) is 0 Å². The lowest BCUT2D eigenvalue weighted by atomic mass is 10.2. The van der Waals surface area contributed by atoms with Gasteiger partial charge in [-0.1, -0.05) is 18.7 Å². The first kappa shape index (κ1) is 13.3. The lowest BCUT2D eigenvalue weighted by Gasteiger charge is -2.03. The van der Waals surface area contributed by atoms with Crippen LogP contribution in [0.4, 0.5) is 5.69 Å². The topological polar surface area (TPSA) is 91.5 Å². The molecule has 0 unspecified atom stereocenters. The molecular weight excluding hydrogens is 250 g/mol. The molecule has 0 aliphatic rings. The number of hydrogen-bond acceptors (Lipinski definition) is 4. The van der Waals surface area contributed by atoms with Crippen LogP contribution in [0.3, 0.4) is 0 Å². The van der Waals surface area contributed by atoms with E-state index >= 15 is 0 Å². The number of allylic oxidation sites excluding steroid dienone is 3. The van der Waals surface area contributed by atoms with E-state index in [1.807, 2.05) is 0 Å². The smallest absolute Gasteiger partial charge is 0.144 e. The van der Waals surface area contributed by atoms with E-state index in [0.29, 0.717) is 22.6 Å². The zero-order valence-electron chi connectivity index (χ0n) is 10.7. The number of nitrogens with two attached hydrogens (primary N) is 1. The maximum absolute atomic E-state index is 9.20. The minimum absolute atomic E-state index is 0.390. The summed E-state index contributed by atoms with van der Waals surface area (Å²) in [4.78, 5) is 0. The molecule has 0 bridgehead atoms. The van der Waals surface area contributed by atoms with Crippen LogP contribution in [0.25, 0.3) is 11.3 Å². The third kappa shape index (κ3) is 2.49. The summed E-state index contributed by atoms with van der Waals surface area (Å²) in [5, 5.41) is 20.9. The Hall–Kier alpha value is -3.13. The van der Waals surface area contributed by atoms with Crippen molar-refractivity contribution in [3.8, 4) is 11.8 Å². The van der Waals surface area contributed by atoms with Crippen molar-refractivity contribution >= 4 is 17.5 Å². The molecule has 1 aromatic carbocycles. The molecule has 0 spiro atoms. The Morgan fingerprint density at radius 2 is 2.10 bits per heavy atom. The summed E-state index contributed by atoms with van der Waals surface area (Å²) in [6, 6.07) is 10.8. The molecule has 0 atom stereocenters. The highest BCUT2D eigenvalue weighted by Gasteiger charge is 2.11. The second-order valence-electron chi connectivity index (χ2n) is 4.03. The zero-order valence-corrected chi connectivity index (χ0v) is 10.7. The highest BCUT2D eigenvalue weighted by Crippen LogP contribution is 2.18. The number of anilines is 1. The van der Waals surface area contributed by atoms with Crippen molar-refractivity contribution in [1.29, 1.82) is 10.7 Å². The van der Waals surface area contributed by atoms with E-state index in [4.69, 9.17) is 11.1 Å². The van der Waals surface area contributed by atoms with Gasteiger partial charge < -0.3 is 11.1 Å². The van der Waals surface area contributed by atoms with Crippen LogP contribution in [-0.4, -0.2) is 16.0 Å². The first-order valence-corrected chi connectivity index (χ1v) is 5.89. The van der Waals surface area contributed by atoms with E-state index in [0.717, 1.165) is 5.69 Å². The molecule has 5 heteroatoms. The van der Waals surface area contributed by atoms with Gasteiger partial charge in [-0.3, -0.25) is 0 Å². The maximum Gasteiger partial charge on any atom is 0.144 e. The van der Waals surface area contributed by atoms with E-state index in [9.17, 15) is 5.26 Å². The van der Waals surface area contributed by atoms with Crippen molar-refractivity contribution in [3.63, 3.8) is 0 Å². The number of nitrogens with zero attached hydrogens (tertiary/aromatic N) is 3. The van der Waals surface area contributed by atoms with Gasteiger partial charge in [-0.05, 0) is 24.3 Å². The summed E-state index contributed by atoms with van der Waals surface area (Å²) in [6.07, 6.45) is 4.43. The number of nitrogens with one attached hydrogen (secondary N) is 1. The highest BCUT2D eigenvalue weighted by molar-refractivity contribution is 6.07. The molecule has 1 aromatic heterocycles. The molecule has 0 radical (unpaired) electrons. The summed E-state index contributed by atoms with van der Waals surface area (Å²) in [5.41, 5.74) is 8.56. The Balaban J connectivity index is 2.55. The summed E-state index contributed by atoms with van der Waals surface area (Å²) in [7, 11) is 0. The lowest BCUT2D eigenvalue weighted by Crippen LogP contribution is -2.00. The van der Waals surface area contributed by atoms with Gasteiger partial charge in [-0.25, -0.2) is 4.68 Å². The van der Waals surface area contributed by atoms with Crippen LogP contribution in [0.1, 0.15) is 11.4 Å². The fraction of sp³-hybridized carbons (Fsp3) is 0. The Labute approximate surface area is 116 Å². The molecule has 5 nitrogen and oxygen atoms in total. The van der Waals surface area contributed by atoms with Crippen LogP contribution in [-0.2, 0) is 0 Å². The Kier molecular flexibility index (Phi) is 3.77. The van der Waals surface area contributed by atoms with Crippen molar-refractivity contribution in [1.82, 2.24) is 9.78 Å². The number of nitriles is 1. The second-order valence-corrected chi connectivity index (χ2v) is 4.03. The molecule has 98 valence electrons. The number of hydrogen-bond donors (Lipinski definition) is 2. The fourth-order valence-electron chi connectivity index (χ4n) is 1.75. The molecule has 0 saturated heterocycles. The molecule has 0 amide bonds. The zero-order chi connectivity index (χ0) is 14.5. The van der Waals surface area contributed by atoms with Crippen LogP contribution >= 0.6 is 0 Å². The molecule has 2 rings (SSSR count). The fourth-order valence-corrected chi connectivity index (χ4v) is 1.75. The van der Waals surface area contributed by atoms with Crippen LogP contribution in [0.5, 0.6) is 0 Å². The second kappa shape index (κ2) is 5.67. The normalized spacial score (nSPS) is 10.8. The predicted octanol–water partition coefficient (Wildman–Crippen LogP) is 2.55. The number of rotatable bonds is 4. The van der Waals surface area contributed by atoms with E-state index < -0.39 is 0 Å². The quantitative estimate of drug-likeness (QED) is 0.504. The van der Waals surface area contributed by atoms with Crippen molar-refractivity contribution < 1.29 is 0 Å². The van der Waals surface area contributed by atoms with Crippen molar-refractivity contribution in [2.24, 2.45) is 0 Å². The van der Waals surface area contributed by atoms with Gasteiger partial charge in [0.2, 0.25) is 0 Å². The largest absolute Gasteiger partial charge is 0.399 e. The van der Waals surface area contributed by atoms with Crippen molar-refractivity contribution in [2.45, 2.75) is 0 Å². The molecule has 20 heavy (non-hydrogen) atoms. The van der Waals surface area contributed by atoms with E-state index in [-0.39, 0.29) is 0 Å². The SMILES string of the molecule is C=C/C=C(\C=N)c1cc(C#N)n(-c2ccc(N)cc2)n1. The molecule has 0 saturated carbocycles. The Morgan fingerprint density at radius 3 is 2.65 bits per heavy atom. The Morgan fingerprint density at radius 1 is 1.40 bits per heavy atom. The Bertz CT molecular complexity index is 714. The standard InChI is InChI=1S/C15H13N5/c1-2-3-11(9-16)15-8-14(10-17)20(19-15)13-6-4-12(18)5-7-13/h2-9,16H,1,18H2/b11-3+,16-9?. The average Bonchev–Trinajstić information content (AvgIpc) is 2.89. The van der Waals surface area contributed by atoms with Gasteiger partial charge in [0, 0.05) is 23.5 Å². The van der Waals surface area contributed by atoms with Gasteiger partial charge in [0.1, 0.15) is 11.8 Å². The third-order valence-electron chi connectivity index (χ3n) is 2.71. The first-order valence-electron chi connectivity index (χ1n) is 5.89. The minimum Gasteiger partial charge on any atom is -0.399 e. The molecular formula is C15H13N5. The summed E-state index contributed by atoms with van der Waals surface area (Å²) in [5.74, 6) is 0. The monoisotopic (exact) mass is 263 g/mol. The first-order chi connectivity index (χ1) is 9.69. The van der Waals surface area contributed by atoms with Crippen LogP contribution in [0.2, 0.25) is 0 Å². The van der Waals surface area contributed by atoms with Crippen LogP contribution < -0.4 is 5.73 Å². The van der Waals surface area contributed by atoms with Crippen molar-refractivity contribution in [2.75, 3.05) is 5.73 Å². The minimum atomic E-state index is 0.390. The summed E-state index contributed by atoms with van der Waals surface area (Å²) >= 11 is 0. The summed E-state index contributed by atoms with van der Waals surface area (Å²) < 4.78 is 1.52. The van der Waals surface area contributed by atoms with Gasteiger partial charge in [0.05, 0.1) is 11.4 Å². The third-order valence-corrected chi connectivity index (χ3v) is 2.71. The lowest BCUT2D eigenvalue weighted by molar-refractivity contribution is 0.861. The predicted molar refractivity (Wildman–Crippen MR) is 79.6 cm³/mol. The molecule has 0 fully saturated rings. The van der Waals surface area contributed by atoms with Crippen LogP contribution in [0.15, 0.2) is 49.1 Å². The number of nitrogen functional groups attached to an aromatic ring is 1. The molecule has 1 heterocycles.